The van der Waals surface area contributed by atoms with Gasteiger partial charge < -0.3 is 0 Å². The van der Waals surface area contributed by atoms with Gasteiger partial charge in [-0.3, -0.25) is 9.59 Å². The molecule has 2 nitrogen and oxygen atoms in total. The van der Waals surface area contributed by atoms with E-state index in [9.17, 15) is 9.59 Å². The molecule has 0 unspecified atom stereocenters. The normalized spacial score (nSPS) is 27.1. The molecular formula is C11H16O2. The predicted octanol–water partition coefficient (Wildman–Crippen LogP) is 2.11. The maximum absolute atomic E-state index is 11.2. The summed E-state index contributed by atoms with van der Waals surface area (Å²) in [5.41, 5.74) is 0. The lowest BCUT2D eigenvalue weighted by Gasteiger charge is -2.25. The Morgan fingerprint density at radius 1 is 0.846 bits per heavy atom. The van der Waals surface area contributed by atoms with Gasteiger partial charge in [-0.05, 0) is 11.8 Å². The number of rotatable bonds is 1. The fourth-order valence-electron chi connectivity index (χ4n) is 2.78. The molecule has 0 atom stereocenters. The van der Waals surface area contributed by atoms with Gasteiger partial charge >= 0.3 is 0 Å². The minimum absolute atomic E-state index is 0.174. The van der Waals surface area contributed by atoms with E-state index in [1.165, 1.54) is 25.7 Å². The summed E-state index contributed by atoms with van der Waals surface area (Å²) >= 11 is 0. The molecule has 2 saturated carbocycles. The van der Waals surface area contributed by atoms with Crippen LogP contribution in [-0.2, 0) is 9.59 Å². The SMILES string of the molecule is O=C1CC(=O)CC(C2CCCC2)C1. The van der Waals surface area contributed by atoms with Crippen LogP contribution in [0.25, 0.3) is 0 Å². The molecule has 2 rings (SSSR count). The van der Waals surface area contributed by atoms with Crippen LogP contribution in [0.1, 0.15) is 44.9 Å². The smallest absolute Gasteiger partial charge is 0.140 e. The van der Waals surface area contributed by atoms with Crippen molar-refractivity contribution in [1.29, 1.82) is 0 Å². The number of Topliss-reactive ketones (excluding diaryl/α,β-unsaturated/α-hetero) is 2. The largest absolute Gasteiger partial charge is 0.299 e. The van der Waals surface area contributed by atoms with Crippen LogP contribution in [0, 0.1) is 11.8 Å². The second kappa shape index (κ2) is 3.60. The molecule has 72 valence electrons. The molecular weight excluding hydrogens is 164 g/mol. The highest BCUT2D eigenvalue weighted by Gasteiger charge is 2.32. The van der Waals surface area contributed by atoms with Gasteiger partial charge in [0.1, 0.15) is 11.6 Å². The van der Waals surface area contributed by atoms with E-state index in [0.717, 1.165) is 0 Å². The molecule has 2 aliphatic rings. The second-order valence-corrected chi connectivity index (χ2v) is 4.47. The standard InChI is InChI=1S/C11H16O2/c12-10-5-9(6-11(13)7-10)8-3-1-2-4-8/h8-9H,1-7H2. The first-order chi connectivity index (χ1) is 6.25. The Bertz CT molecular complexity index is 210. The van der Waals surface area contributed by atoms with Gasteiger partial charge in [-0.2, -0.15) is 0 Å². The van der Waals surface area contributed by atoms with Gasteiger partial charge in [0, 0.05) is 12.8 Å². The molecule has 2 fully saturated rings. The molecule has 0 saturated heterocycles. The summed E-state index contributed by atoms with van der Waals surface area (Å²) in [4.78, 5) is 22.4. The number of carbonyl (C=O) groups is 2. The monoisotopic (exact) mass is 180 g/mol. The van der Waals surface area contributed by atoms with E-state index in [1.54, 1.807) is 0 Å². The van der Waals surface area contributed by atoms with Crippen LogP contribution in [0.4, 0.5) is 0 Å². The van der Waals surface area contributed by atoms with Crippen molar-refractivity contribution in [3.8, 4) is 0 Å². The number of hydrogen-bond acceptors (Lipinski definition) is 2. The molecule has 0 aromatic rings. The van der Waals surface area contributed by atoms with Crippen LogP contribution in [-0.4, -0.2) is 11.6 Å². The highest BCUT2D eigenvalue weighted by Crippen LogP contribution is 2.37. The minimum atomic E-state index is 0.174. The summed E-state index contributed by atoms with van der Waals surface area (Å²) in [7, 11) is 0. The maximum atomic E-state index is 11.2. The zero-order valence-electron chi connectivity index (χ0n) is 7.92. The third kappa shape index (κ3) is 1.98. The average molecular weight is 180 g/mol. The van der Waals surface area contributed by atoms with Crippen molar-refractivity contribution in [2.45, 2.75) is 44.9 Å². The molecule has 2 aliphatic carbocycles. The highest BCUT2D eigenvalue weighted by atomic mass is 16.1. The number of carbonyl (C=O) groups excluding carboxylic acids is 2. The molecule has 0 aromatic carbocycles. The first-order valence-electron chi connectivity index (χ1n) is 5.29. The van der Waals surface area contributed by atoms with Crippen molar-refractivity contribution >= 4 is 11.6 Å². The van der Waals surface area contributed by atoms with E-state index < -0.39 is 0 Å². The molecule has 0 bridgehead atoms. The summed E-state index contributed by atoms with van der Waals surface area (Å²) in [5, 5.41) is 0. The van der Waals surface area contributed by atoms with Gasteiger partial charge in [0.25, 0.3) is 0 Å². The van der Waals surface area contributed by atoms with Crippen molar-refractivity contribution in [2.75, 3.05) is 0 Å². The maximum Gasteiger partial charge on any atom is 0.140 e. The minimum Gasteiger partial charge on any atom is -0.299 e. The van der Waals surface area contributed by atoms with Crippen LogP contribution >= 0.6 is 0 Å². The van der Waals surface area contributed by atoms with Gasteiger partial charge in [-0.15, -0.1) is 0 Å². The van der Waals surface area contributed by atoms with Crippen molar-refractivity contribution in [1.82, 2.24) is 0 Å². The Balaban J connectivity index is 1.97. The van der Waals surface area contributed by atoms with Gasteiger partial charge in [-0.25, -0.2) is 0 Å². The van der Waals surface area contributed by atoms with Gasteiger partial charge in [-0.1, -0.05) is 25.7 Å². The van der Waals surface area contributed by atoms with Gasteiger partial charge in [0.05, 0.1) is 6.42 Å². The van der Waals surface area contributed by atoms with E-state index in [-0.39, 0.29) is 18.0 Å². The summed E-state index contributed by atoms with van der Waals surface area (Å²) in [6.07, 6.45) is 6.64. The average Bonchev–Trinajstić information content (AvgIpc) is 2.53. The number of hydrogen-bond donors (Lipinski definition) is 0. The van der Waals surface area contributed by atoms with E-state index in [4.69, 9.17) is 0 Å². The highest BCUT2D eigenvalue weighted by molar-refractivity contribution is 6.01. The van der Waals surface area contributed by atoms with Crippen molar-refractivity contribution in [3.05, 3.63) is 0 Å². The first-order valence-corrected chi connectivity index (χ1v) is 5.29. The third-order valence-electron chi connectivity index (χ3n) is 3.44. The van der Waals surface area contributed by atoms with Crippen LogP contribution in [0.2, 0.25) is 0 Å². The number of ketones is 2. The Morgan fingerprint density at radius 2 is 1.38 bits per heavy atom. The lowest BCUT2D eigenvalue weighted by atomic mass is 9.78. The summed E-state index contributed by atoms with van der Waals surface area (Å²) in [6, 6.07) is 0. The quantitative estimate of drug-likeness (QED) is 0.579. The van der Waals surface area contributed by atoms with Crippen molar-refractivity contribution in [3.63, 3.8) is 0 Å². The zero-order valence-corrected chi connectivity index (χ0v) is 7.92. The summed E-state index contributed by atoms with van der Waals surface area (Å²) in [5.74, 6) is 1.42. The zero-order chi connectivity index (χ0) is 9.26. The van der Waals surface area contributed by atoms with E-state index in [1.807, 2.05) is 0 Å². The fourth-order valence-corrected chi connectivity index (χ4v) is 2.78. The predicted molar refractivity (Wildman–Crippen MR) is 49.3 cm³/mol. The first kappa shape index (κ1) is 8.92. The second-order valence-electron chi connectivity index (χ2n) is 4.47. The van der Waals surface area contributed by atoms with Crippen LogP contribution in [0.3, 0.4) is 0 Å². The Hall–Kier alpha value is -0.660. The molecule has 0 aliphatic heterocycles. The molecule has 0 heterocycles. The molecule has 13 heavy (non-hydrogen) atoms. The van der Waals surface area contributed by atoms with Crippen LogP contribution < -0.4 is 0 Å². The van der Waals surface area contributed by atoms with Gasteiger partial charge in [0.2, 0.25) is 0 Å². The summed E-state index contributed by atoms with van der Waals surface area (Å²) in [6.45, 7) is 0. The van der Waals surface area contributed by atoms with Crippen LogP contribution in [0.5, 0.6) is 0 Å². The lowest BCUT2D eigenvalue weighted by molar-refractivity contribution is -0.132. The van der Waals surface area contributed by atoms with Gasteiger partial charge in [0.15, 0.2) is 0 Å². The third-order valence-corrected chi connectivity index (χ3v) is 3.44. The molecule has 0 aromatic heterocycles. The molecule has 2 heteroatoms. The van der Waals surface area contributed by atoms with E-state index >= 15 is 0 Å². The molecule has 0 radical (unpaired) electrons. The van der Waals surface area contributed by atoms with E-state index in [2.05, 4.69) is 0 Å². The lowest BCUT2D eigenvalue weighted by Crippen LogP contribution is -2.26. The molecule has 0 spiro atoms. The van der Waals surface area contributed by atoms with Crippen LogP contribution in [0.15, 0.2) is 0 Å². The summed E-state index contributed by atoms with van der Waals surface area (Å²) < 4.78 is 0. The fraction of sp³-hybridized carbons (Fsp3) is 0.818. The van der Waals surface area contributed by atoms with Crippen molar-refractivity contribution in [2.24, 2.45) is 11.8 Å². The molecule has 0 N–H and O–H groups in total. The topological polar surface area (TPSA) is 34.1 Å². The Labute approximate surface area is 78.7 Å². The Morgan fingerprint density at radius 3 is 1.92 bits per heavy atom. The Kier molecular flexibility index (Phi) is 2.47. The molecule has 0 amide bonds. The van der Waals surface area contributed by atoms with Crippen molar-refractivity contribution < 1.29 is 9.59 Å². The van der Waals surface area contributed by atoms with E-state index in [0.29, 0.717) is 24.7 Å².